The van der Waals surface area contributed by atoms with Crippen LogP contribution >= 0.6 is 0 Å². The highest BCUT2D eigenvalue weighted by Gasteiger charge is 2.34. The molecule has 2 atom stereocenters. The average Bonchev–Trinajstić information content (AvgIpc) is 2.97. The number of ether oxygens (including phenoxy) is 2. The number of aryl methyl sites for hydroxylation is 1. The zero-order valence-electron chi connectivity index (χ0n) is 18.1. The van der Waals surface area contributed by atoms with Gasteiger partial charge in [-0.15, -0.1) is 0 Å². The van der Waals surface area contributed by atoms with E-state index in [0.717, 1.165) is 29.2 Å². The van der Waals surface area contributed by atoms with Crippen LogP contribution in [-0.2, 0) is 6.42 Å². The zero-order valence-corrected chi connectivity index (χ0v) is 19.1. The third-order valence-electron chi connectivity index (χ3n) is 5.08. The monoisotopic (exact) mass is 396 g/mol. The number of methoxy groups -OCH3 is 1. The second-order valence-corrected chi connectivity index (χ2v) is 12.8. The number of allylic oxidation sites excluding steroid dienone is 1. The second kappa shape index (κ2) is 8.04. The summed E-state index contributed by atoms with van der Waals surface area (Å²) in [7, 11) is -0.00735. The molecule has 0 N–H and O–H groups in total. The predicted molar refractivity (Wildman–Crippen MR) is 119 cm³/mol. The van der Waals surface area contributed by atoms with Crippen molar-refractivity contribution in [3.8, 4) is 17.2 Å². The minimum absolute atomic E-state index is 0.0176. The molecular weight excluding hydrogens is 364 g/mol. The first-order chi connectivity index (χ1) is 13.3. The van der Waals surface area contributed by atoms with Crippen molar-refractivity contribution in [2.45, 2.75) is 58.9 Å². The Hall–Kier alpha value is -2.20. The van der Waals surface area contributed by atoms with Crippen molar-refractivity contribution in [3.63, 3.8) is 0 Å². The van der Waals surface area contributed by atoms with Crippen LogP contribution in [0.25, 0.3) is 6.08 Å². The van der Waals surface area contributed by atoms with Gasteiger partial charge in [0.1, 0.15) is 17.6 Å². The molecule has 1 aliphatic rings. The highest BCUT2D eigenvalue weighted by Crippen LogP contribution is 2.49. The molecule has 1 aliphatic heterocycles. The Morgan fingerprint density at radius 3 is 2.46 bits per heavy atom. The number of hydrogen-bond acceptors (Lipinski definition) is 3. The van der Waals surface area contributed by atoms with E-state index in [1.165, 1.54) is 16.7 Å². The molecule has 3 rings (SSSR count). The van der Waals surface area contributed by atoms with Gasteiger partial charge in [-0.1, -0.05) is 32.1 Å². The lowest BCUT2D eigenvalue weighted by Crippen LogP contribution is -2.29. The fraction of sp³-hybridized carbons (Fsp3) is 0.417. The van der Waals surface area contributed by atoms with Crippen molar-refractivity contribution in [3.05, 3.63) is 58.7 Å². The van der Waals surface area contributed by atoms with Gasteiger partial charge in [-0.2, -0.15) is 0 Å². The Morgan fingerprint density at radius 1 is 1.11 bits per heavy atom. The molecule has 1 heterocycles. The van der Waals surface area contributed by atoms with E-state index >= 15 is 0 Å². The lowest BCUT2D eigenvalue weighted by atomic mass is 9.90. The van der Waals surface area contributed by atoms with E-state index in [0.29, 0.717) is 0 Å². The highest BCUT2D eigenvalue weighted by molar-refractivity contribution is 6.70. The van der Waals surface area contributed by atoms with Crippen molar-refractivity contribution in [2.24, 2.45) is 0 Å². The van der Waals surface area contributed by atoms with Crippen LogP contribution in [0.1, 0.15) is 55.0 Å². The fourth-order valence-electron chi connectivity index (χ4n) is 3.80. The molecule has 0 saturated heterocycles. The molecule has 0 spiro atoms. The van der Waals surface area contributed by atoms with Crippen LogP contribution in [0.15, 0.2) is 36.4 Å². The Bertz CT molecular complexity index is 880. The molecule has 150 valence electrons. The topological polar surface area (TPSA) is 27.7 Å². The molecule has 2 aromatic carbocycles. The Kier molecular flexibility index (Phi) is 5.89. The van der Waals surface area contributed by atoms with Crippen LogP contribution in [0, 0.1) is 0 Å². The summed E-state index contributed by atoms with van der Waals surface area (Å²) in [6, 6.07) is 10.7. The van der Waals surface area contributed by atoms with Gasteiger partial charge in [-0.25, -0.2) is 0 Å². The third kappa shape index (κ3) is 4.12. The largest absolute Gasteiger partial charge is 0.542 e. The van der Waals surface area contributed by atoms with Gasteiger partial charge in [0.2, 0.25) is 8.32 Å². The minimum Gasteiger partial charge on any atom is -0.542 e. The molecule has 0 amide bonds. The maximum Gasteiger partial charge on any atom is 0.242 e. The summed E-state index contributed by atoms with van der Waals surface area (Å²) in [4.78, 5) is 0. The molecule has 0 saturated carbocycles. The fourth-order valence-corrected chi connectivity index (χ4v) is 4.62. The molecule has 3 nitrogen and oxygen atoms in total. The van der Waals surface area contributed by atoms with Gasteiger partial charge in [0.25, 0.3) is 0 Å². The van der Waals surface area contributed by atoms with Crippen molar-refractivity contribution >= 4 is 14.4 Å². The van der Waals surface area contributed by atoms with Crippen molar-refractivity contribution in [2.75, 3.05) is 7.11 Å². The van der Waals surface area contributed by atoms with E-state index in [2.05, 4.69) is 76.8 Å². The van der Waals surface area contributed by atoms with Crippen LogP contribution in [0.2, 0.25) is 19.6 Å². The smallest absolute Gasteiger partial charge is 0.242 e. The Morgan fingerprint density at radius 2 is 1.86 bits per heavy atom. The SMILES string of the molecule is C/C=C/c1cc(CC)c2c(c1)C(C)C(c1ccc(O[Si](C)(C)C)c(OC)c1)O2. The molecule has 0 aromatic heterocycles. The van der Waals surface area contributed by atoms with E-state index in [-0.39, 0.29) is 12.0 Å². The third-order valence-corrected chi connectivity index (χ3v) is 5.91. The molecule has 2 unspecified atom stereocenters. The molecule has 4 heteroatoms. The van der Waals surface area contributed by atoms with Gasteiger partial charge < -0.3 is 13.9 Å². The molecule has 28 heavy (non-hydrogen) atoms. The first kappa shape index (κ1) is 20.5. The molecule has 0 aliphatic carbocycles. The maximum absolute atomic E-state index is 6.49. The van der Waals surface area contributed by atoms with Gasteiger partial charge in [0.05, 0.1) is 7.11 Å². The average molecular weight is 397 g/mol. The summed E-state index contributed by atoms with van der Waals surface area (Å²) in [5.74, 6) is 2.92. The molecule has 0 radical (unpaired) electrons. The zero-order chi connectivity index (χ0) is 20.5. The van der Waals surface area contributed by atoms with E-state index in [1.54, 1.807) is 7.11 Å². The van der Waals surface area contributed by atoms with Crippen LogP contribution in [0.4, 0.5) is 0 Å². The number of fused-ring (bicyclic) bond motifs is 1. The van der Waals surface area contributed by atoms with Crippen LogP contribution in [0.5, 0.6) is 17.2 Å². The van der Waals surface area contributed by atoms with Crippen molar-refractivity contribution in [1.82, 2.24) is 0 Å². The lowest BCUT2D eigenvalue weighted by molar-refractivity contribution is 0.213. The maximum atomic E-state index is 6.49. The molecule has 0 fully saturated rings. The molecule has 2 aromatic rings. The Labute approximate surface area is 170 Å². The highest BCUT2D eigenvalue weighted by atomic mass is 28.4. The van der Waals surface area contributed by atoms with E-state index in [4.69, 9.17) is 13.9 Å². The first-order valence-electron chi connectivity index (χ1n) is 10.1. The number of benzene rings is 2. The summed E-state index contributed by atoms with van der Waals surface area (Å²) < 4.78 is 18.3. The van der Waals surface area contributed by atoms with Crippen molar-refractivity contribution < 1.29 is 13.9 Å². The predicted octanol–water partition coefficient (Wildman–Crippen LogP) is 6.74. The van der Waals surface area contributed by atoms with Gasteiger partial charge in [0.15, 0.2) is 5.75 Å². The molecule has 0 bridgehead atoms. The van der Waals surface area contributed by atoms with E-state index in [9.17, 15) is 0 Å². The summed E-state index contributed by atoms with van der Waals surface area (Å²) in [5, 5.41) is 0. The normalized spacial score (nSPS) is 18.8. The Balaban J connectivity index is 1.97. The summed E-state index contributed by atoms with van der Waals surface area (Å²) in [6.07, 6.45) is 5.18. The summed E-state index contributed by atoms with van der Waals surface area (Å²) in [6.45, 7) is 13.0. The van der Waals surface area contributed by atoms with Crippen LogP contribution in [0.3, 0.4) is 0 Å². The minimum atomic E-state index is -1.70. The number of hydrogen-bond donors (Lipinski definition) is 0. The number of rotatable bonds is 6. The first-order valence-corrected chi connectivity index (χ1v) is 13.5. The summed E-state index contributed by atoms with van der Waals surface area (Å²) >= 11 is 0. The van der Waals surface area contributed by atoms with Crippen molar-refractivity contribution in [1.29, 1.82) is 0 Å². The van der Waals surface area contributed by atoms with Crippen LogP contribution in [-0.4, -0.2) is 15.4 Å². The van der Waals surface area contributed by atoms with Gasteiger partial charge in [0, 0.05) is 11.5 Å². The van der Waals surface area contributed by atoms with Gasteiger partial charge in [-0.3, -0.25) is 0 Å². The standard InChI is InChI=1S/C24H32O3Si/c1-8-10-17-13-18(9-2)24-20(14-17)16(3)23(26-24)19-11-12-21(22(15-19)25-4)27-28(5,6)7/h8,10-16,23H,9H2,1-7H3/b10-8+. The molecular formula is C24H32O3Si. The summed E-state index contributed by atoms with van der Waals surface area (Å²) in [5.41, 5.74) is 4.92. The van der Waals surface area contributed by atoms with Crippen LogP contribution < -0.4 is 13.9 Å². The lowest BCUT2D eigenvalue weighted by Gasteiger charge is -2.23. The van der Waals surface area contributed by atoms with Gasteiger partial charge in [-0.05, 0) is 73.9 Å². The second-order valence-electron chi connectivity index (χ2n) is 8.40. The quantitative estimate of drug-likeness (QED) is 0.506. The van der Waals surface area contributed by atoms with E-state index in [1.807, 2.05) is 6.07 Å². The van der Waals surface area contributed by atoms with E-state index < -0.39 is 8.32 Å². The van der Waals surface area contributed by atoms with Gasteiger partial charge >= 0.3 is 0 Å².